The molecule has 1 saturated carbocycles. The van der Waals surface area contributed by atoms with Crippen molar-refractivity contribution in [2.24, 2.45) is 22.7 Å². The predicted molar refractivity (Wildman–Crippen MR) is 234 cm³/mol. The van der Waals surface area contributed by atoms with E-state index in [1.54, 1.807) is 34.3 Å². The smallest absolute Gasteiger partial charge is 0.207 e. The van der Waals surface area contributed by atoms with E-state index in [4.69, 9.17) is 71.1 Å². The van der Waals surface area contributed by atoms with Crippen LogP contribution in [0.25, 0.3) is 0 Å². The monoisotopic (exact) mass is 968 g/mol. The highest BCUT2D eigenvalue weighted by Gasteiger charge is 2.84. The highest BCUT2D eigenvalue weighted by molar-refractivity contribution is 5.42. The Morgan fingerprint density at radius 2 is 1.22 bits per heavy atom. The minimum atomic E-state index is -1.83. The predicted octanol–water partition coefficient (Wildman–Crippen LogP) is 2.36. The second kappa shape index (κ2) is 18.6. The molecule has 68 heavy (non-hydrogen) atoms. The summed E-state index contributed by atoms with van der Waals surface area (Å²) in [5.74, 6) is -3.16. The van der Waals surface area contributed by atoms with Gasteiger partial charge >= 0.3 is 0 Å². The van der Waals surface area contributed by atoms with Gasteiger partial charge in [0, 0.05) is 53.6 Å². The molecule has 7 saturated heterocycles. The second-order valence-corrected chi connectivity index (χ2v) is 21.6. The van der Waals surface area contributed by atoms with Crippen molar-refractivity contribution >= 4 is 0 Å². The molecule has 4 N–H and O–H groups in total. The number of hydrogen-bond donors (Lipinski definition) is 4. The van der Waals surface area contributed by atoms with Crippen LogP contribution in [0.4, 0.5) is 0 Å². The molecule has 19 nitrogen and oxygen atoms in total. The standard InChI is InChI=1S/C49H76O19/c1-23-37(50)29(54-7)18-34(60-23)65-39-24(2)61-35(19-30(39)55-8)66-40-25(3)62-36(20-31(40)56-9)67-41-26(4)63-44(38(51)42(41)57-10)64-28-12-14-45(5)27(17-28)11-16-48(52)33(45)13-15-47-22-59-46(6)43(47)32(21-58-46)68-49(47,48)53/h11,16-17,23-26,28-44,50-53H,12-15,18-22H2,1-10H3. The third-order valence-electron chi connectivity index (χ3n) is 18.0. The van der Waals surface area contributed by atoms with Gasteiger partial charge in [-0.2, -0.15) is 0 Å². The molecule has 7 aliphatic heterocycles. The molecule has 8 fully saturated rings. The fraction of sp³-hybridized carbons (Fsp3) is 0.918. The number of allylic oxidation sites excluding steroid dienone is 2. The molecule has 10 aliphatic rings. The molecule has 26 unspecified atom stereocenters. The van der Waals surface area contributed by atoms with E-state index in [0.29, 0.717) is 51.6 Å². The third-order valence-corrected chi connectivity index (χ3v) is 18.0. The zero-order chi connectivity index (χ0) is 48.3. The molecule has 386 valence electrons. The molecule has 3 aliphatic carbocycles. The molecule has 0 radical (unpaired) electrons. The van der Waals surface area contributed by atoms with E-state index < -0.39 is 133 Å². The molecule has 1 spiro atoms. The lowest BCUT2D eigenvalue weighted by atomic mass is 9.46. The van der Waals surface area contributed by atoms with Crippen LogP contribution < -0.4 is 0 Å². The van der Waals surface area contributed by atoms with Gasteiger partial charge < -0.3 is 91.5 Å². The van der Waals surface area contributed by atoms with Crippen molar-refractivity contribution in [3.63, 3.8) is 0 Å². The van der Waals surface area contributed by atoms with Crippen molar-refractivity contribution in [2.45, 2.75) is 220 Å². The van der Waals surface area contributed by atoms with Crippen LogP contribution in [0, 0.1) is 22.7 Å². The molecule has 0 bridgehead atoms. The van der Waals surface area contributed by atoms with Gasteiger partial charge in [0.25, 0.3) is 0 Å². The summed E-state index contributed by atoms with van der Waals surface area (Å²) in [6, 6.07) is 0. The Balaban J connectivity index is 0.751. The van der Waals surface area contributed by atoms with Crippen LogP contribution in [0.3, 0.4) is 0 Å². The van der Waals surface area contributed by atoms with Crippen molar-refractivity contribution in [1.29, 1.82) is 0 Å². The van der Waals surface area contributed by atoms with Gasteiger partial charge in [-0.05, 0) is 77.4 Å². The average molecular weight is 969 g/mol. The summed E-state index contributed by atoms with van der Waals surface area (Å²) >= 11 is 0. The number of methoxy groups -OCH3 is 4. The van der Waals surface area contributed by atoms with Crippen LogP contribution in [0.15, 0.2) is 23.8 Å². The van der Waals surface area contributed by atoms with Gasteiger partial charge in [-0.1, -0.05) is 19.1 Å². The van der Waals surface area contributed by atoms with Crippen LogP contribution in [0.2, 0.25) is 0 Å². The zero-order valence-electron chi connectivity index (χ0n) is 41.1. The Hall–Kier alpha value is -1.28. The molecule has 0 aromatic heterocycles. The summed E-state index contributed by atoms with van der Waals surface area (Å²) in [6.07, 6.45) is -2.07. The summed E-state index contributed by atoms with van der Waals surface area (Å²) in [4.78, 5) is 0. The largest absolute Gasteiger partial charge is 0.388 e. The first-order valence-corrected chi connectivity index (χ1v) is 24.9. The first kappa shape index (κ1) is 50.3. The van der Waals surface area contributed by atoms with E-state index in [0.717, 1.165) is 5.57 Å². The zero-order valence-corrected chi connectivity index (χ0v) is 41.1. The van der Waals surface area contributed by atoms with Crippen LogP contribution >= 0.6 is 0 Å². The maximum Gasteiger partial charge on any atom is 0.207 e. The molecule has 19 heteroatoms. The Labute approximate surface area is 399 Å². The number of aliphatic hydroxyl groups is 4. The number of ether oxygens (including phenoxy) is 15. The number of fused-ring (bicyclic) bond motifs is 4. The number of rotatable bonds is 12. The topological polar surface area (TPSA) is 219 Å². The van der Waals surface area contributed by atoms with Crippen LogP contribution in [-0.2, 0) is 71.1 Å². The Morgan fingerprint density at radius 3 is 1.84 bits per heavy atom. The quantitative estimate of drug-likeness (QED) is 0.221. The van der Waals surface area contributed by atoms with Crippen LogP contribution in [0.5, 0.6) is 0 Å². The van der Waals surface area contributed by atoms with Gasteiger partial charge in [0.05, 0.1) is 79.5 Å². The first-order chi connectivity index (χ1) is 32.3. The van der Waals surface area contributed by atoms with Crippen LogP contribution in [0.1, 0.15) is 86.5 Å². The third kappa shape index (κ3) is 7.87. The maximum absolute atomic E-state index is 12.6. The molecule has 26 atom stereocenters. The second-order valence-electron chi connectivity index (χ2n) is 21.6. The van der Waals surface area contributed by atoms with E-state index in [2.05, 4.69) is 13.0 Å². The minimum absolute atomic E-state index is 0.172. The molecular weight excluding hydrogens is 893 g/mol. The Bertz CT molecular complexity index is 1870. The van der Waals surface area contributed by atoms with E-state index in [-0.39, 0.29) is 30.7 Å². The Kier molecular flexibility index (Phi) is 13.7. The molecule has 0 aromatic rings. The van der Waals surface area contributed by atoms with Gasteiger partial charge in [-0.3, -0.25) is 0 Å². The summed E-state index contributed by atoms with van der Waals surface area (Å²) < 4.78 is 93.2. The summed E-state index contributed by atoms with van der Waals surface area (Å²) in [5, 5.41) is 47.4. The van der Waals surface area contributed by atoms with Gasteiger partial charge in [0.15, 0.2) is 30.9 Å². The van der Waals surface area contributed by atoms with Crippen molar-refractivity contribution in [3.05, 3.63) is 23.8 Å². The summed E-state index contributed by atoms with van der Waals surface area (Å²) in [6.45, 7) is 12.1. The summed E-state index contributed by atoms with van der Waals surface area (Å²) in [5.41, 5.74) is -1.89. The van der Waals surface area contributed by atoms with Gasteiger partial charge in [0.2, 0.25) is 5.79 Å². The maximum atomic E-state index is 12.6. The molecule has 10 rings (SSSR count). The lowest BCUT2D eigenvalue weighted by Crippen LogP contribution is -2.72. The van der Waals surface area contributed by atoms with Crippen LogP contribution in [-0.4, -0.2) is 196 Å². The fourth-order valence-corrected chi connectivity index (χ4v) is 14.3. The number of hydrogen-bond acceptors (Lipinski definition) is 19. The Morgan fingerprint density at radius 1 is 0.632 bits per heavy atom. The summed E-state index contributed by atoms with van der Waals surface area (Å²) in [7, 11) is 6.34. The molecule has 0 amide bonds. The van der Waals surface area contributed by atoms with E-state index >= 15 is 0 Å². The van der Waals surface area contributed by atoms with Gasteiger partial charge in [-0.15, -0.1) is 0 Å². The molecule has 7 heterocycles. The first-order valence-electron chi connectivity index (χ1n) is 24.9. The van der Waals surface area contributed by atoms with Gasteiger partial charge in [0.1, 0.15) is 42.2 Å². The lowest BCUT2D eigenvalue weighted by Gasteiger charge is -2.62. The normalized spacial score (nSPS) is 56.4. The minimum Gasteiger partial charge on any atom is -0.388 e. The van der Waals surface area contributed by atoms with Crippen molar-refractivity contribution in [3.8, 4) is 0 Å². The van der Waals surface area contributed by atoms with Crippen molar-refractivity contribution in [1.82, 2.24) is 0 Å². The molecular formula is C49H76O19. The highest BCUT2D eigenvalue weighted by Crippen LogP contribution is 2.73. The highest BCUT2D eigenvalue weighted by atomic mass is 16.8. The lowest BCUT2D eigenvalue weighted by molar-refractivity contribution is -0.357. The van der Waals surface area contributed by atoms with Crippen molar-refractivity contribution < 1.29 is 91.5 Å². The van der Waals surface area contributed by atoms with E-state index in [1.807, 2.05) is 33.8 Å². The SMILES string of the molecule is COC1CC(OC2C(C)OC(OC3C(C)OC(OC4C(C)OC(OC5C=C6C=CC7(O)C(CCC89COC%10(C)OCC(OC78O)C%109)C6(C)CC5)C(O)C4OC)CC3OC)CC2OC)OC(C)C1O. The number of aliphatic hydroxyl groups excluding tert-OH is 2. The average Bonchev–Trinajstić information content (AvgIpc) is 3.91. The molecule has 0 aromatic carbocycles. The van der Waals surface area contributed by atoms with Gasteiger partial charge in [-0.25, -0.2) is 0 Å². The van der Waals surface area contributed by atoms with E-state index in [1.165, 1.54) is 7.11 Å². The fourth-order valence-electron chi connectivity index (χ4n) is 14.3. The van der Waals surface area contributed by atoms with E-state index in [9.17, 15) is 20.4 Å². The van der Waals surface area contributed by atoms with Crippen molar-refractivity contribution in [2.75, 3.05) is 41.7 Å².